The van der Waals surface area contributed by atoms with Gasteiger partial charge in [-0.15, -0.1) is 0 Å². The number of carbonyl (C=O) groups is 2. The first-order valence-corrected chi connectivity index (χ1v) is 4.93. The number of hydrogen-bond acceptors (Lipinski definition) is 3. The molecule has 1 rings (SSSR count). The molecule has 0 aliphatic rings. The summed E-state index contributed by atoms with van der Waals surface area (Å²) < 4.78 is 4.62. The Morgan fingerprint density at radius 3 is 2.81 bits per heavy atom. The lowest BCUT2D eigenvalue weighted by molar-refractivity contribution is -0.495. The number of halogens is 1. The molecule has 1 heterocycles. The summed E-state index contributed by atoms with van der Waals surface area (Å²) in [6.45, 7) is 1.71. The van der Waals surface area contributed by atoms with E-state index in [2.05, 4.69) is 9.72 Å². The highest BCUT2D eigenvalue weighted by Gasteiger charge is 2.33. The molecule has 1 unspecified atom stereocenters. The van der Waals surface area contributed by atoms with Crippen LogP contribution in [0.1, 0.15) is 17.3 Å². The van der Waals surface area contributed by atoms with Crippen LogP contribution in [0.4, 0.5) is 0 Å². The number of esters is 1. The molecule has 0 bridgehead atoms. The average molecular weight is 244 g/mol. The number of ether oxygens (including phenoxy) is 1. The number of nitrogens with one attached hydrogen (secondary N) is 2. The maximum absolute atomic E-state index is 11.7. The van der Waals surface area contributed by atoms with Crippen molar-refractivity contribution >= 4 is 23.4 Å². The second-order valence-electron chi connectivity index (χ2n) is 2.88. The number of carbonyl (C=O) groups excluding carboxylic acids is 2. The second-order valence-corrected chi connectivity index (χ2v) is 3.26. The highest BCUT2D eigenvalue weighted by molar-refractivity contribution is 6.33. The van der Waals surface area contributed by atoms with Gasteiger partial charge in [0.05, 0.1) is 12.2 Å². The number of hydrogen-bond donors (Lipinski definition) is 2. The van der Waals surface area contributed by atoms with Gasteiger partial charge in [0.15, 0.2) is 0 Å². The summed E-state index contributed by atoms with van der Waals surface area (Å²) in [5.41, 5.74) is 8.87. The maximum atomic E-state index is 11.7. The Bertz CT molecular complexity index is 416. The number of ketones is 1. The van der Waals surface area contributed by atoms with Crippen LogP contribution >= 0.6 is 11.6 Å². The minimum atomic E-state index is -1.46. The quantitative estimate of drug-likeness (QED) is 0.327. The van der Waals surface area contributed by atoms with Gasteiger partial charge in [0.2, 0.25) is 5.78 Å². The third-order valence-electron chi connectivity index (χ3n) is 1.88. The highest BCUT2D eigenvalue weighted by Crippen LogP contribution is 2.14. The van der Waals surface area contributed by atoms with Crippen LogP contribution in [0.15, 0.2) is 12.3 Å². The fraction of sp³-hybridized carbons (Fsp3) is 0.333. The van der Waals surface area contributed by atoms with Crippen LogP contribution in [0.5, 0.6) is 0 Å². The van der Waals surface area contributed by atoms with Gasteiger partial charge in [0, 0.05) is 6.20 Å². The van der Waals surface area contributed by atoms with E-state index in [1.165, 1.54) is 12.3 Å². The summed E-state index contributed by atoms with van der Waals surface area (Å²) in [5.74, 6) is -1.51. The molecule has 0 aliphatic heterocycles. The van der Waals surface area contributed by atoms with E-state index in [0.717, 1.165) is 0 Å². The molecule has 0 amide bonds. The molecule has 86 valence electrons. The number of aromatic amines is 1. The summed E-state index contributed by atoms with van der Waals surface area (Å²) >= 11 is 5.68. The van der Waals surface area contributed by atoms with Gasteiger partial charge in [-0.05, 0) is 13.0 Å². The average Bonchev–Trinajstić information content (AvgIpc) is 2.65. The SMILES string of the molecule is CCOC(=O)C([NH+]=[N-])C(=O)c1cc[nH]c1Cl. The first kappa shape index (κ1) is 12.4. The second kappa shape index (κ2) is 5.41. The molecule has 0 radical (unpaired) electrons. The normalized spacial score (nSPS) is 11.9. The first-order valence-electron chi connectivity index (χ1n) is 4.55. The van der Waals surface area contributed by atoms with Crippen molar-refractivity contribution in [3.05, 3.63) is 28.5 Å². The molecular weight excluding hydrogens is 234 g/mol. The molecule has 1 aromatic heterocycles. The Balaban J connectivity index is 2.90. The van der Waals surface area contributed by atoms with Crippen molar-refractivity contribution in [1.29, 1.82) is 0 Å². The molecule has 0 fully saturated rings. The largest absolute Gasteiger partial charge is 0.507 e. The van der Waals surface area contributed by atoms with Crippen molar-refractivity contribution in [2.24, 2.45) is 0 Å². The van der Waals surface area contributed by atoms with Crippen LogP contribution in [0.2, 0.25) is 5.15 Å². The zero-order chi connectivity index (χ0) is 12.1. The topological polar surface area (TPSA) is 95.4 Å². The van der Waals surface area contributed by atoms with Crippen molar-refractivity contribution in [3.8, 4) is 0 Å². The Labute approximate surface area is 96.4 Å². The molecule has 0 aliphatic carbocycles. The minimum Gasteiger partial charge on any atom is -0.507 e. The lowest BCUT2D eigenvalue weighted by atomic mass is 10.1. The van der Waals surface area contributed by atoms with Crippen LogP contribution in [0.3, 0.4) is 0 Å². The Kier molecular flexibility index (Phi) is 4.19. The zero-order valence-electron chi connectivity index (χ0n) is 8.49. The Hall–Kier alpha value is -1.69. The maximum Gasteiger partial charge on any atom is 0.383 e. The fourth-order valence-electron chi connectivity index (χ4n) is 1.14. The van der Waals surface area contributed by atoms with E-state index in [-0.39, 0.29) is 17.3 Å². The molecule has 7 heteroatoms. The third-order valence-corrected chi connectivity index (χ3v) is 2.19. The van der Waals surface area contributed by atoms with Crippen LogP contribution in [0.25, 0.3) is 5.53 Å². The molecule has 1 aromatic rings. The van der Waals surface area contributed by atoms with Crippen molar-refractivity contribution in [2.75, 3.05) is 6.61 Å². The van der Waals surface area contributed by atoms with Crippen molar-refractivity contribution in [2.45, 2.75) is 13.0 Å². The molecule has 1 atom stereocenters. The third kappa shape index (κ3) is 2.46. The van der Waals surface area contributed by atoms with E-state index in [1.807, 2.05) is 0 Å². The fourth-order valence-corrected chi connectivity index (χ4v) is 1.36. The van der Waals surface area contributed by atoms with E-state index in [4.69, 9.17) is 17.1 Å². The predicted octanol–water partition coefficient (Wildman–Crippen LogP) is -0.115. The minimum absolute atomic E-state index is 0.106. The Morgan fingerprint density at radius 1 is 1.69 bits per heavy atom. The monoisotopic (exact) mass is 243 g/mol. The van der Waals surface area contributed by atoms with E-state index < -0.39 is 17.8 Å². The van der Waals surface area contributed by atoms with E-state index in [9.17, 15) is 9.59 Å². The van der Waals surface area contributed by atoms with Crippen molar-refractivity contribution < 1.29 is 19.4 Å². The van der Waals surface area contributed by atoms with Gasteiger partial charge in [-0.25, -0.2) is 4.79 Å². The number of Topliss-reactive ketones (excluding diaryl/α,β-unsaturated/α-hetero) is 1. The number of rotatable bonds is 5. The zero-order valence-corrected chi connectivity index (χ0v) is 9.25. The molecule has 6 nitrogen and oxygen atoms in total. The van der Waals surface area contributed by atoms with Gasteiger partial charge in [-0.2, -0.15) is 0 Å². The number of H-pyrrole nitrogens is 1. The van der Waals surface area contributed by atoms with Gasteiger partial charge in [-0.1, -0.05) is 11.6 Å². The predicted molar refractivity (Wildman–Crippen MR) is 54.9 cm³/mol. The summed E-state index contributed by atoms with van der Waals surface area (Å²) in [6, 6.07) is -0.0536. The van der Waals surface area contributed by atoms with Crippen LogP contribution in [0, 0.1) is 0 Å². The Morgan fingerprint density at radius 2 is 2.38 bits per heavy atom. The molecule has 0 saturated heterocycles. The van der Waals surface area contributed by atoms with Crippen LogP contribution in [-0.4, -0.2) is 29.4 Å². The molecule has 0 saturated carbocycles. The van der Waals surface area contributed by atoms with Gasteiger partial charge >= 0.3 is 12.0 Å². The van der Waals surface area contributed by atoms with Gasteiger partial charge < -0.3 is 20.4 Å². The molecule has 2 N–H and O–H groups in total. The van der Waals surface area contributed by atoms with Crippen molar-refractivity contribution in [3.63, 3.8) is 0 Å². The summed E-state index contributed by atoms with van der Waals surface area (Å²) in [4.78, 5) is 25.6. The van der Waals surface area contributed by atoms with Gasteiger partial charge in [-0.3, -0.25) is 4.79 Å². The summed E-state index contributed by atoms with van der Waals surface area (Å²) in [5, 5.41) is 1.71. The van der Waals surface area contributed by atoms with Gasteiger partial charge in [0.25, 0.3) is 0 Å². The highest BCUT2D eigenvalue weighted by atomic mass is 35.5. The molecule has 0 spiro atoms. The summed E-state index contributed by atoms with van der Waals surface area (Å²) in [7, 11) is 0. The molecular formula is C9H10ClN3O3. The van der Waals surface area contributed by atoms with Crippen LogP contribution < -0.4 is 5.11 Å². The van der Waals surface area contributed by atoms with Gasteiger partial charge in [0.1, 0.15) is 5.15 Å². The lowest BCUT2D eigenvalue weighted by Crippen LogP contribution is -2.77. The van der Waals surface area contributed by atoms with E-state index in [1.54, 1.807) is 12.0 Å². The smallest absolute Gasteiger partial charge is 0.383 e. The number of nitrogens with zero attached hydrogens (tertiary/aromatic N) is 1. The summed E-state index contributed by atoms with van der Waals surface area (Å²) in [6.07, 6.45) is 1.45. The van der Waals surface area contributed by atoms with E-state index in [0.29, 0.717) is 0 Å². The number of aromatic nitrogens is 1. The van der Waals surface area contributed by atoms with E-state index >= 15 is 0 Å². The molecule has 16 heavy (non-hydrogen) atoms. The van der Waals surface area contributed by atoms with Crippen LogP contribution in [-0.2, 0) is 9.53 Å². The standard InChI is InChI=1S/C9H10ClN3O3/c1-2-16-9(15)6(13-11)7(14)5-3-4-12-8(5)10/h3-4,6,12-13H,2H2,1H3. The first-order chi connectivity index (χ1) is 7.61. The lowest BCUT2D eigenvalue weighted by Gasteiger charge is -2.06. The van der Waals surface area contributed by atoms with Crippen molar-refractivity contribution in [1.82, 2.24) is 4.98 Å². The molecule has 0 aromatic carbocycles.